The number of amides is 1. The molecule has 3 aromatic rings. The highest BCUT2D eigenvalue weighted by atomic mass is 35.5. The monoisotopic (exact) mass is 506 g/mol. The number of anilines is 1. The van der Waals surface area contributed by atoms with Gasteiger partial charge in [-0.05, 0) is 42.5 Å². The van der Waals surface area contributed by atoms with Crippen molar-refractivity contribution in [3.8, 4) is 5.75 Å². The van der Waals surface area contributed by atoms with Crippen LogP contribution >= 0.6 is 46.1 Å². The summed E-state index contributed by atoms with van der Waals surface area (Å²) >= 11 is 18.3. The second-order valence-electron chi connectivity index (χ2n) is 5.65. The van der Waals surface area contributed by atoms with E-state index in [0.29, 0.717) is 27.1 Å². The van der Waals surface area contributed by atoms with Crippen LogP contribution in [0, 0.1) is 0 Å². The molecule has 1 heterocycles. The third kappa shape index (κ3) is 6.03. The van der Waals surface area contributed by atoms with Crippen molar-refractivity contribution >= 4 is 67.2 Å². The first-order valence-electron chi connectivity index (χ1n) is 8.22. The van der Waals surface area contributed by atoms with Crippen molar-refractivity contribution in [2.75, 3.05) is 18.5 Å². The minimum absolute atomic E-state index is 0.00352. The van der Waals surface area contributed by atoms with Gasteiger partial charge in [-0.1, -0.05) is 46.1 Å². The summed E-state index contributed by atoms with van der Waals surface area (Å²) in [5.74, 6) is -0.0125. The quantitative estimate of drug-likeness (QED) is 0.351. The Labute approximate surface area is 191 Å². The molecular formula is C17H13Cl3N4O4S2. The lowest BCUT2D eigenvalue weighted by Crippen LogP contribution is -2.28. The summed E-state index contributed by atoms with van der Waals surface area (Å²) < 4.78 is 32.1. The minimum Gasteiger partial charge on any atom is -0.492 e. The van der Waals surface area contributed by atoms with E-state index in [1.165, 1.54) is 18.2 Å². The third-order valence-electron chi connectivity index (χ3n) is 3.51. The van der Waals surface area contributed by atoms with Crippen LogP contribution in [0.1, 0.15) is 10.4 Å². The van der Waals surface area contributed by atoms with Crippen molar-refractivity contribution in [1.29, 1.82) is 0 Å². The van der Waals surface area contributed by atoms with Crippen LogP contribution in [0.2, 0.25) is 15.1 Å². The second-order valence-corrected chi connectivity index (χ2v) is 9.85. The number of sulfonamides is 1. The van der Waals surface area contributed by atoms with Crippen molar-refractivity contribution < 1.29 is 17.9 Å². The number of halogens is 3. The number of hydrogen-bond acceptors (Lipinski definition) is 7. The number of carbonyl (C=O) groups excluding carboxylic acids is 1. The summed E-state index contributed by atoms with van der Waals surface area (Å²) in [5.41, 5.74) is 0.165. The molecule has 8 nitrogen and oxygen atoms in total. The molecule has 3 rings (SSSR count). The average molecular weight is 508 g/mol. The SMILES string of the molecule is O=C(Nc1nnc(S(=O)(=O)NCCOc2ccc(Cl)cc2)s1)c1ccc(Cl)cc1Cl. The Morgan fingerprint density at radius 1 is 1.03 bits per heavy atom. The first kappa shape index (κ1) is 22.7. The molecule has 0 aliphatic carbocycles. The van der Waals surface area contributed by atoms with Crippen LogP contribution in [0.3, 0.4) is 0 Å². The van der Waals surface area contributed by atoms with Crippen molar-refractivity contribution in [1.82, 2.24) is 14.9 Å². The van der Waals surface area contributed by atoms with Gasteiger partial charge in [0.25, 0.3) is 15.9 Å². The van der Waals surface area contributed by atoms with E-state index in [4.69, 9.17) is 39.5 Å². The predicted octanol–water partition coefficient (Wildman–Crippen LogP) is 4.11. The number of aromatic nitrogens is 2. The molecule has 0 fully saturated rings. The van der Waals surface area contributed by atoms with E-state index in [1.54, 1.807) is 24.3 Å². The van der Waals surface area contributed by atoms with Gasteiger partial charge in [0.1, 0.15) is 12.4 Å². The van der Waals surface area contributed by atoms with Gasteiger partial charge < -0.3 is 4.74 Å². The maximum atomic E-state index is 12.3. The molecule has 2 aromatic carbocycles. The average Bonchev–Trinajstić information content (AvgIpc) is 3.16. The van der Waals surface area contributed by atoms with Gasteiger partial charge >= 0.3 is 0 Å². The van der Waals surface area contributed by atoms with Crippen LogP contribution in [0.5, 0.6) is 5.75 Å². The Morgan fingerprint density at radius 3 is 2.43 bits per heavy atom. The fourth-order valence-corrected chi connectivity index (χ4v) is 4.71. The maximum Gasteiger partial charge on any atom is 0.269 e. The minimum atomic E-state index is -3.92. The van der Waals surface area contributed by atoms with E-state index in [1.807, 2.05) is 0 Å². The Bertz CT molecular complexity index is 1150. The summed E-state index contributed by atoms with van der Waals surface area (Å²) in [5, 5.41) is 10.9. The van der Waals surface area contributed by atoms with Gasteiger partial charge in [0, 0.05) is 16.6 Å². The number of ether oxygens (including phenoxy) is 1. The van der Waals surface area contributed by atoms with Gasteiger partial charge in [0.2, 0.25) is 9.47 Å². The summed E-state index contributed by atoms with van der Waals surface area (Å²) in [6.45, 7) is 0.102. The fraction of sp³-hybridized carbons (Fsp3) is 0.118. The van der Waals surface area contributed by atoms with Crippen LogP contribution in [0.4, 0.5) is 5.13 Å². The largest absolute Gasteiger partial charge is 0.492 e. The summed E-state index contributed by atoms with van der Waals surface area (Å²) in [4.78, 5) is 12.3. The van der Waals surface area contributed by atoms with Gasteiger partial charge in [-0.3, -0.25) is 10.1 Å². The molecule has 0 bridgehead atoms. The summed E-state index contributed by atoms with van der Waals surface area (Å²) in [6, 6.07) is 11.0. The van der Waals surface area contributed by atoms with Crippen LogP contribution in [0.15, 0.2) is 46.8 Å². The van der Waals surface area contributed by atoms with Gasteiger partial charge in [-0.25, -0.2) is 13.1 Å². The lowest BCUT2D eigenvalue weighted by Gasteiger charge is -2.07. The standard InChI is InChI=1S/C17H13Cl3N4O4S2/c18-10-1-4-12(5-2-10)28-8-7-21-30(26,27)17-24-23-16(29-17)22-15(25)13-6-3-11(19)9-14(13)20/h1-6,9,21H,7-8H2,(H,22,23,25). The van der Waals surface area contributed by atoms with Crippen LogP contribution in [-0.4, -0.2) is 37.7 Å². The second kappa shape index (κ2) is 9.90. The smallest absolute Gasteiger partial charge is 0.269 e. The van der Waals surface area contributed by atoms with E-state index < -0.39 is 15.9 Å². The number of hydrogen-bond donors (Lipinski definition) is 2. The van der Waals surface area contributed by atoms with Crippen molar-refractivity contribution in [2.45, 2.75) is 4.34 Å². The summed E-state index contributed by atoms with van der Waals surface area (Å²) in [6.07, 6.45) is 0. The fourth-order valence-electron chi connectivity index (χ4n) is 2.14. The number of benzene rings is 2. The van der Waals surface area contributed by atoms with Crippen molar-refractivity contribution in [3.05, 3.63) is 63.1 Å². The zero-order valence-corrected chi connectivity index (χ0v) is 18.8. The Balaban J connectivity index is 1.55. The van der Waals surface area contributed by atoms with E-state index in [-0.39, 0.29) is 33.2 Å². The molecule has 2 N–H and O–H groups in total. The van der Waals surface area contributed by atoms with E-state index >= 15 is 0 Å². The van der Waals surface area contributed by atoms with E-state index in [2.05, 4.69) is 20.2 Å². The molecule has 30 heavy (non-hydrogen) atoms. The zero-order valence-electron chi connectivity index (χ0n) is 14.9. The Morgan fingerprint density at radius 2 is 1.73 bits per heavy atom. The molecule has 0 saturated carbocycles. The van der Waals surface area contributed by atoms with Gasteiger partial charge in [-0.2, -0.15) is 0 Å². The number of rotatable bonds is 8. The van der Waals surface area contributed by atoms with Crippen LogP contribution in [-0.2, 0) is 10.0 Å². The van der Waals surface area contributed by atoms with Crippen molar-refractivity contribution in [2.24, 2.45) is 0 Å². The van der Waals surface area contributed by atoms with Gasteiger partial charge in [-0.15, -0.1) is 10.2 Å². The molecule has 13 heteroatoms. The Kier molecular flexibility index (Phi) is 7.50. The molecule has 158 valence electrons. The molecule has 1 amide bonds. The molecular weight excluding hydrogens is 495 g/mol. The highest BCUT2D eigenvalue weighted by Crippen LogP contribution is 2.24. The highest BCUT2D eigenvalue weighted by molar-refractivity contribution is 7.91. The van der Waals surface area contributed by atoms with Crippen molar-refractivity contribution in [3.63, 3.8) is 0 Å². The van der Waals surface area contributed by atoms with Crippen LogP contribution in [0.25, 0.3) is 0 Å². The first-order chi connectivity index (χ1) is 14.2. The topological polar surface area (TPSA) is 110 Å². The number of nitrogens with zero attached hydrogens (tertiary/aromatic N) is 2. The molecule has 0 saturated heterocycles. The highest BCUT2D eigenvalue weighted by Gasteiger charge is 2.21. The lowest BCUT2D eigenvalue weighted by atomic mass is 10.2. The predicted molar refractivity (Wildman–Crippen MR) is 116 cm³/mol. The van der Waals surface area contributed by atoms with Gasteiger partial charge in [0.05, 0.1) is 10.6 Å². The molecule has 0 aliphatic heterocycles. The normalized spacial score (nSPS) is 11.3. The molecule has 0 aliphatic rings. The molecule has 1 aromatic heterocycles. The number of nitrogens with one attached hydrogen (secondary N) is 2. The number of carbonyl (C=O) groups is 1. The van der Waals surface area contributed by atoms with Crippen LogP contribution < -0.4 is 14.8 Å². The maximum absolute atomic E-state index is 12.3. The summed E-state index contributed by atoms with van der Waals surface area (Å²) in [7, 11) is -3.92. The van der Waals surface area contributed by atoms with E-state index in [0.717, 1.165) is 0 Å². The third-order valence-corrected chi connectivity index (χ3v) is 6.98. The molecule has 0 atom stereocenters. The van der Waals surface area contributed by atoms with Gasteiger partial charge in [0.15, 0.2) is 0 Å². The molecule has 0 unspecified atom stereocenters. The lowest BCUT2D eigenvalue weighted by molar-refractivity contribution is 0.102. The zero-order chi connectivity index (χ0) is 21.7. The first-order valence-corrected chi connectivity index (χ1v) is 11.7. The Hall–Kier alpha value is -1.95. The molecule has 0 spiro atoms. The van der Waals surface area contributed by atoms with E-state index in [9.17, 15) is 13.2 Å². The molecule has 0 radical (unpaired) electrons.